The number of fused-ring (bicyclic) bond motifs is 1. The summed E-state index contributed by atoms with van der Waals surface area (Å²) >= 11 is 1.44. The molecule has 1 aromatic heterocycles. The van der Waals surface area contributed by atoms with Gasteiger partial charge in [-0.1, -0.05) is 12.1 Å². The number of carbonyl (C=O) groups is 2. The molecule has 0 spiro atoms. The van der Waals surface area contributed by atoms with Crippen LogP contribution in [0, 0.1) is 5.82 Å². The smallest absolute Gasteiger partial charge is 0.243 e. The minimum Gasteiger partial charge on any atom is -0.497 e. The van der Waals surface area contributed by atoms with E-state index in [1.807, 2.05) is 12.1 Å². The quantitative estimate of drug-likeness (QED) is 0.348. The first-order chi connectivity index (χ1) is 18.8. The molecule has 0 bridgehead atoms. The van der Waals surface area contributed by atoms with Crippen molar-refractivity contribution in [2.24, 2.45) is 0 Å². The molecule has 2 aliphatic rings. The van der Waals surface area contributed by atoms with Crippen LogP contribution < -0.4 is 4.74 Å². The Balaban J connectivity index is 1.43. The highest BCUT2D eigenvalue weighted by molar-refractivity contribution is 7.89. The van der Waals surface area contributed by atoms with Crippen molar-refractivity contribution in [3.05, 3.63) is 80.3 Å². The summed E-state index contributed by atoms with van der Waals surface area (Å²) in [6, 6.07) is 10.6. The topological polar surface area (TPSA) is 90.0 Å². The predicted molar refractivity (Wildman–Crippen MR) is 146 cm³/mol. The third kappa shape index (κ3) is 5.84. The Morgan fingerprint density at radius 3 is 2.44 bits per heavy atom. The van der Waals surface area contributed by atoms with Gasteiger partial charge in [0.1, 0.15) is 11.6 Å². The number of hydrogen-bond donors (Lipinski definition) is 0. The first kappa shape index (κ1) is 27.6. The molecule has 2 aromatic carbocycles. The molecular weight excluding hydrogens is 541 g/mol. The van der Waals surface area contributed by atoms with Crippen LogP contribution in [0.3, 0.4) is 0 Å². The Kier molecular flexibility index (Phi) is 8.27. The van der Waals surface area contributed by atoms with E-state index in [-0.39, 0.29) is 55.4 Å². The van der Waals surface area contributed by atoms with Gasteiger partial charge in [0.05, 0.1) is 30.8 Å². The highest BCUT2D eigenvalue weighted by Gasteiger charge is 2.30. The van der Waals surface area contributed by atoms with Crippen LogP contribution in [0.15, 0.2) is 47.4 Å². The maximum atomic E-state index is 14.9. The number of ketones is 2. The number of carbonyl (C=O) groups excluding carboxylic acids is 2. The van der Waals surface area contributed by atoms with E-state index < -0.39 is 21.6 Å². The summed E-state index contributed by atoms with van der Waals surface area (Å²) in [4.78, 5) is 28.6. The monoisotopic (exact) mass is 571 g/mol. The van der Waals surface area contributed by atoms with Gasteiger partial charge in [-0.3, -0.25) is 9.59 Å². The molecule has 0 N–H and O–H groups in total. The van der Waals surface area contributed by atoms with Crippen LogP contribution in [-0.4, -0.2) is 57.7 Å². The van der Waals surface area contributed by atoms with Crippen molar-refractivity contribution < 1.29 is 31.9 Å². The van der Waals surface area contributed by atoms with Crippen LogP contribution in [0.25, 0.3) is 0 Å². The predicted octanol–water partition coefficient (Wildman–Crippen LogP) is 4.65. The van der Waals surface area contributed by atoms with E-state index in [1.165, 1.54) is 21.7 Å². The number of rotatable bonds is 9. The van der Waals surface area contributed by atoms with Crippen molar-refractivity contribution in [3.8, 4) is 5.75 Å². The van der Waals surface area contributed by atoms with E-state index in [0.29, 0.717) is 16.2 Å². The lowest BCUT2D eigenvalue weighted by Gasteiger charge is -2.26. The summed E-state index contributed by atoms with van der Waals surface area (Å²) in [7, 11) is -2.32. The Bertz CT molecular complexity index is 1490. The van der Waals surface area contributed by atoms with E-state index in [1.54, 1.807) is 19.2 Å². The van der Waals surface area contributed by atoms with Gasteiger partial charge < -0.3 is 9.47 Å². The lowest BCUT2D eigenvalue weighted by molar-refractivity contribution is 0.0730. The largest absolute Gasteiger partial charge is 0.497 e. The van der Waals surface area contributed by atoms with Crippen LogP contribution >= 0.6 is 11.3 Å². The van der Waals surface area contributed by atoms with Gasteiger partial charge in [-0.2, -0.15) is 4.31 Å². The molecule has 1 saturated heterocycles. The number of Topliss-reactive ketones (excluding diaryl/α,β-unsaturated/α-hetero) is 2. The van der Waals surface area contributed by atoms with E-state index in [2.05, 4.69) is 0 Å². The number of sulfonamides is 1. The summed E-state index contributed by atoms with van der Waals surface area (Å²) < 4.78 is 52.8. The molecule has 7 nitrogen and oxygen atoms in total. The molecule has 10 heteroatoms. The van der Waals surface area contributed by atoms with Crippen LogP contribution in [-0.2, 0) is 40.4 Å². The van der Waals surface area contributed by atoms with E-state index in [4.69, 9.17) is 9.47 Å². The third-order valence-electron chi connectivity index (χ3n) is 7.21. The minimum absolute atomic E-state index is 0.0773. The van der Waals surface area contributed by atoms with Crippen molar-refractivity contribution in [1.82, 2.24) is 4.31 Å². The molecule has 2 heterocycles. The number of methoxy groups -OCH3 is 1. The molecule has 206 valence electrons. The molecule has 1 aliphatic carbocycles. The van der Waals surface area contributed by atoms with Crippen LogP contribution in [0.5, 0.6) is 5.75 Å². The normalized spacial score (nSPS) is 16.1. The van der Waals surface area contributed by atoms with Crippen molar-refractivity contribution in [2.45, 2.75) is 43.4 Å². The summed E-state index contributed by atoms with van der Waals surface area (Å²) in [6.45, 7) is 0.956. The maximum Gasteiger partial charge on any atom is 0.243 e. The number of aryl methyl sites for hydroxylation is 1. The number of benzene rings is 2. The van der Waals surface area contributed by atoms with Crippen molar-refractivity contribution in [1.29, 1.82) is 0 Å². The van der Waals surface area contributed by atoms with Crippen molar-refractivity contribution >= 4 is 32.9 Å². The molecule has 3 aromatic rings. The second kappa shape index (κ2) is 11.7. The van der Waals surface area contributed by atoms with Crippen molar-refractivity contribution in [2.75, 3.05) is 33.4 Å². The lowest BCUT2D eigenvalue weighted by Crippen LogP contribution is -2.40. The van der Waals surface area contributed by atoms with Gasteiger partial charge in [0, 0.05) is 41.2 Å². The second-order valence-corrected chi connectivity index (χ2v) is 12.8. The Morgan fingerprint density at radius 1 is 1.00 bits per heavy atom. The molecule has 5 rings (SSSR count). The standard InChI is InChI=1S/C29H30FNO6S2/c1-36-20-8-6-19(7-9-20)16-26(33)29-22-4-2-3-5-27(22)38-28(29)18-25(32)23-17-21(10-11-24(23)30)39(34,35)31-12-14-37-15-13-31/h6-11,17H,2-5,12-16,18H2,1H3. The Hall–Kier alpha value is -2.92. The third-order valence-corrected chi connectivity index (χ3v) is 10.4. The van der Waals surface area contributed by atoms with Gasteiger partial charge in [0.15, 0.2) is 11.6 Å². The van der Waals surface area contributed by atoms with E-state index in [9.17, 15) is 22.4 Å². The molecule has 39 heavy (non-hydrogen) atoms. The average molecular weight is 572 g/mol. The average Bonchev–Trinajstić information content (AvgIpc) is 3.31. The van der Waals surface area contributed by atoms with Crippen LogP contribution in [0.2, 0.25) is 0 Å². The Labute approximate surface area is 231 Å². The highest BCUT2D eigenvalue weighted by Crippen LogP contribution is 2.36. The number of thiophene rings is 1. The zero-order valence-corrected chi connectivity index (χ0v) is 23.3. The zero-order valence-electron chi connectivity index (χ0n) is 21.7. The van der Waals surface area contributed by atoms with E-state index >= 15 is 0 Å². The fraction of sp³-hybridized carbons (Fsp3) is 0.379. The van der Waals surface area contributed by atoms with Gasteiger partial charge in [0.2, 0.25) is 10.0 Å². The SMILES string of the molecule is COc1ccc(CC(=O)c2c(CC(=O)c3cc(S(=O)(=O)N4CCOCC4)ccc3F)sc3c2CCCC3)cc1. The number of ether oxygens (including phenoxy) is 2. The lowest BCUT2D eigenvalue weighted by atomic mass is 9.90. The van der Waals surface area contributed by atoms with Gasteiger partial charge in [-0.05, 0) is 67.1 Å². The fourth-order valence-corrected chi connectivity index (χ4v) is 7.99. The first-order valence-corrected chi connectivity index (χ1v) is 15.2. The number of halogens is 1. The molecule has 0 amide bonds. The zero-order chi connectivity index (χ0) is 27.6. The molecule has 0 radical (unpaired) electrons. The number of hydrogen-bond acceptors (Lipinski definition) is 7. The summed E-state index contributed by atoms with van der Waals surface area (Å²) in [5.41, 5.74) is 2.11. The molecule has 0 unspecified atom stereocenters. The summed E-state index contributed by atoms with van der Waals surface area (Å²) in [5.74, 6) is -0.714. The van der Waals surface area contributed by atoms with Gasteiger partial charge in [-0.15, -0.1) is 11.3 Å². The highest BCUT2D eigenvalue weighted by atomic mass is 32.2. The molecular formula is C29H30FNO6S2. The van der Waals surface area contributed by atoms with Gasteiger partial charge in [-0.25, -0.2) is 12.8 Å². The molecule has 0 saturated carbocycles. The van der Waals surface area contributed by atoms with E-state index in [0.717, 1.165) is 53.8 Å². The van der Waals surface area contributed by atoms with Gasteiger partial charge in [0.25, 0.3) is 0 Å². The number of nitrogens with zero attached hydrogens (tertiary/aromatic N) is 1. The van der Waals surface area contributed by atoms with Crippen molar-refractivity contribution in [3.63, 3.8) is 0 Å². The molecule has 1 aliphatic heterocycles. The number of morpholine rings is 1. The Morgan fingerprint density at radius 2 is 1.72 bits per heavy atom. The second-order valence-electron chi connectivity index (χ2n) is 9.72. The van der Waals surface area contributed by atoms with Crippen LogP contribution in [0.1, 0.15) is 54.4 Å². The molecule has 0 atom stereocenters. The fourth-order valence-electron chi connectivity index (χ4n) is 5.14. The molecule has 1 fully saturated rings. The maximum absolute atomic E-state index is 14.9. The summed E-state index contributed by atoms with van der Waals surface area (Å²) in [5, 5.41) is 0. The van der Waals surface area contributed by atoms with Crippen LogP contribution in [0.4, 0.5) is 4.39 Å². The minimum atomic E-state index is -3.90. The first-order valence-electron chi connectivity index (χ1n) is 13.0. The summed E-state index contributed by atoms with van der Waals surface area (Å²) in [6.07, 6.45) is 3.61. The van der Waals surface area contributed by atoms with Gasteiger partial charge >= 0.3 is 0 Å².